The van der Waals surface area contributed by atoms with Crippen molar-refractivity contribution in [1.29, 1.82) is 0 Å². The minimum Gasteiger partial charge on any atom is -0.392 e. The number of aromatic nitrogens is 1. The Hall–Kier alpha value is -1.76. The van der Waals surface area contributed by atoms with Crippen molar-refractivity contribution < 1.29 is 13.5 Å². The van der Waals surface area contributed by atoms with Gasteiger partial charge in [0.2, 0.25) is 0 Å². The van der Waals surface area contributed by atoms with Crippen molar-refractivity contribution in [3.8, 4) is 0 Å². The van der Waals surface area contributed by atoms with Crippen molar-refractivity contribution in [3.63, 3.8) is 0 Å². The molecule has 0 aliphatic heterocycles. The lowest BCUT2D eigenvalue weighted by atomic mass is 10.2. The van der Waals surface area contributed by atoms with E-state index in [4.69, 9.17) is 5.11 Å². The number of nitrogens with zero attached hydrogens (tertiary/aromatic N) is 1. The van der Waals surface area contributed by atoms with E-state index in [0.717, 1.165) is 5.56 Å². The molecular formula is C13H14N2O3S. The first-order valence-corrected chi connectivity index (χ1v) is 7.19. The summed E-state index contributed by atoms with van der Waals surface area (Å²) in [5, 5.41) is 8.82. The molecule has 5 nitrogen and oxygen atoms in total. The van der Waals surface area contributed by atoms with Gasteiger partial charge in [0.05, 0.1) is 6.61 Å². The summed E-state index contributed by atoms with van der Waals surface area (Å²) in [5.41, 5.74) is 1.44. The number of rotatable bonds is 5. The summed E-state index contributed by atoms with van der Waals surface area (Å²) in [5.74, 6) is 0. The van der Waals surface area contributed by atoms with Crippen LogP contribution in [0, 0.1) is 0 Å². The van der Waals surface area contributed by atoms with Crippen LogP contribution in [-0.2, 0) is 23.2 Å². The summed E-state index contributed by atoms with van der Waals surface area (Å²) in [7, 11) is -3.63. The molecule has 1 heterocycles. The molecule has 0 aliphatic rings. The van der Waals surface area contributed by atoms with E-state index in [1.54, 1.807) is 0 Å². The molecule has 0 radical (unpaired) electrons. The lowest BCUT2D eigenvalue weighted by Gasteiger charge is -2.06. The maximum Gasteiger partial charge on any atom is 0.258 e. The Labute approximate surface area is 112 Å². The van der Waals surface area contributed by atoms with Gasteiger partial charge >= 0.3 is 0 Å². The number of nitrogens with one attached hydrogen (secondary N) is 1. The Morgan fingerprint density at radius 3 is 2.37 bits per heavy atom. The Morgan fingerprint density at radius 2 is 1.79 bits per heavy atom. The summed E-state index contributed by atoms with van der Waals surface area (Å²) in [6.45, 7) is 0.0530. The minimum absolute atomic E-state index is 0.0550. The lowest BCUT2D eigenvalue weighted by Crippen LogP contribution is -2.24. The van der Waals surface area contributed by atoms with Gasteiger partial charge in [0.25, 0.3) is 10.0 Å². The normalized spacial score (nSPS) is 11.4. The molecule has 0 saturated heterocycles. The molecule has 0 bridgehead atoms. The van der Waals surface area contributed by atoms with Crippen LogP contribution in [0.15, 0.2) is 53.7 Å². The number of hydrogen-bond donors (Lipinski definition) is 2. The monoisotopic (exact) mass is 278 g/mol. The Balaban J connectivity index is 2.09. The van der Waals surface area contributed by atoms with Crippen LogP contribution in [0.4, 0.5) is 0 Å². The van der Waals surface area contributed by atoms with Crippen molar-refractivity contribution in [2.75, 3.05) is 0 Å². The van der Waals surface area contributed by atoms with E-state index < -0.39 is 10.0 Å². The number of benzene rings is 1. The van der Waals surface area contributed by atoms with E-state index in [1.807, 2.05) is 30.3 Å². The summed E-state index contributed by atoms with van der Waals surface area (Å²) >= 11 is 0. The fraction of sp³-hybridized carbons (Fsp3) is 0.154. The summed E-state index contributed by atoms with van der Waals surface area (Å²) in [6, 6.07) is 12.1. The SMILES string of the molecule is O=S(=O)(NCc1ccccc1)c1ccc(CO)cn1. The van der Waals surface area contributed by atoms with Crippen molar-refractivity contribution in [1.82, 2.24) is 9.71 Å². The molecule has 6 heteroatoms. The number of aliphatic hydroxyl groups is 1. The van der Waals surface area contributed by atoms with Gasteiger partial charge in [-0.1, -0.05) is 36.4 Å². The molecule has 19 heavy (non-hydrogen) atoms. The molecule has 2 rings (SSSR count). The maximum atomic E-state index is 12.0. The summed E-state index contributed by atoms with van der Waals surface area (Å²) in [4.78, 5) is 3.82. The first kappa shape index (κ1) is 13.7. The molecule has 0 aliphatic carbocycles. The van der Waals surface area contributed by atoms with Gasteiger partial charge in [0, 0.05) is 12.7 Å². The fourth-order valence-electron chi connectivity index (χ4n) is 1.51. The predicted octanol–water partition coefficient (Wildman–Crippen LogP) is 1.05. The zero-order valence-electron chi connectivity index (χ0n) is 10.2. The zero-order chi connectivity index (χ0) is 13.7. The molecule has 2 N–H and O–H groups in total. The molecule has 1 aromatic carbocycles. The van der Waals surface area contributed by atoms with Gasteiger partial charge in [-0.3, -0.25) is 0 Å². The van der Waals surface area contributed by atoms with Gasteiger partial charge in [0.1, 0.15) is 0 Å². The molecule has 0 amide bonds. The molecule has 100 valence electrons. The van der Waals surface area contributed by atoms with Crippen LogP contribution in [0.1, 0.15) is 11.1 Å². The van der Waals surface area contributed by atoms with E-state index in [2.05, 4.69) is 9.71 Å². The topological polar surface area (TPSA) is 79.3 Å². The molecule has 0 saturated carbocycles. The molecule has 0 atom stereocenters. The van der Waals surface area contributed by atoms with Gasteiger partial charge in [-0.15, -0.1) is 0 Å². The lowest BCUT2D eigenvalue weighted by molar-refractivity contribution is 0.281. The first-order chi connectivity index (χ1) is 9.12. The van der Waals surface area contributed by atoms with Gasteiger partial charge in [-0.25, -0.2) is 18.1 Å². The average molecular weight is 278 g/mol. The highest BCUT2D eigenvalue weighted by Gasteiger charge is 2.14. The third-order valence-electron chi connectivity index (χ3n) is 2.56. The Bertz CT molecular complexity index is 625. The number of aliphatic hydroxyl groups excluding tert-OH is 1. The van der Waals surface area contributed by atoms with E-state index >= 15 is 0 Å². The molecule has 0 unspecified atom stereocenters. The third kappa shape index (κ3) is 3.60. The average Bonchev–Trinajstić information content (AvgIpc) is 2.46. The Morgan fingerprint density at radius 1 is 1.05 bits per heavy atom. The fourth-order valence-corrected chi connectivity index (χ4v) is 2.45. The van der Waals surface area contributed by atoms with E-state index in [9.17, 15) is 8.42 Å². The minimum atomic E-state index is -3.63. The zero-order valence-corrected chi connectivity index (χ0v) is 11.0. The van der Waals surface area contributed by atoms with Crippen LogP contribution in [0.2, 0.25) is 0 Å². The molecule has 0 spiro atoms. The quantitative estimate of drug-likeness (QED) is 0.857. The van der Waals surface area contributed by atoms with Crippen LogP contribution >= 0.6 is 0 Å². The number of hydrogen-bond acceptors (Lipinski definition) is 4. The predicted molar refractivity (Wildman–Crippen MR) is 70.6 cm³/mol. The molecular weight excluding hydrogens is 264 g/mol. The second-order valence-electron chi connectivity index (χ2n) is 3.97. The number of sulfonamides is 1. The molecule has 0 fully saturated rings. The van der Waals surface area contributed by atoms with Crippen LogP contribution in [0.5, 0.6) is 0 Å². The highest BCUT2D eigenvalue weighted by molar-refractivity contribution is 7.89. The second kappa shape index (κ2) is 5.92. The van der Waals surface area contributed by atoms with E-state index in [0.29, 0.717) is 5.56 Å². The summed E-state index contributed by atoms with van der Waals surface area (Å²) < 4.78 is 26.4. The summed E-state index contributed by atoms with van der Waals surface area (Å²) in [6.07, 6.45) is 1.34. The van der Waals surface area contributed by atoms with Crippen LogP contribution < -0.4 is 4.72 Å². The van der Waals surface area contributed by atoms with E-state index in [1.165, 1.54) is 18.3 Å². The van der Waals surface area contributed by atoms with Crippen molar-refractivity contribution >= 4 is 10.0 Å². The maximum absolute atomic E-state index is 12.0. The standard InChI is InChI=1S/C13H14N2O3S/c16-10-12-6-7-13(14-8-12)19(17,18)15-9-11-4-2-1-3-5-11/h1-8,15-16H,9-10H2. The first-order valence-electron chi connectivity index (χ1n) is 5.71. The van der Waals surface area contributed by atoms with Crippen molar-refractivity contribution in [3.05, 3.63) is 59.8 Å². The van der Waals surface area contributed by atoms with Crippen molar-refractivity contribution in [2.24, 2.45) is 0 Å². The molecule has 1 aromatic heterocycles. The third-order valence-corrected chi connectivity index (χ3v) is 3.88. The van der Waals surface area contributed by atoms with Gasteiger partial charge in [-0.05, 0) is 17.2 Å². The van der Waals surface area contributed by atoms with Crippen LogP contribution in [0.3, 0.4) is 0 Å². The highest BCUT2D eigenvalue weighted by Crippen LogP contribution is 2.08. The molecule has 2 aromatic rings. The largest absolute Gasteiger partial charge is 0.392 e. The van der Waals surface area contributed by atoms with Gasteiger partial charge < -0.3 is 5.11 Å². The smallest absolute Gasteiger partial charge is 0.258 e. The van der Waals surface area contributed by atoms with Gasteiger partial charge in [0.15, 0.2) is 5.03 Å². The second-order valence-corrected chi connectivity index (χ2v) is 5.69. The van der Waals surface area contributed by atoms with Gasteiger partial charge in [-0.2, -0.15) is 0 Å². The van der Waals surface area contributed by atoms with E-state index in [-0.39, 0.29) is 18.2 Å². The van der Waals surface area contributed by atoms with Crippen LogP contribution in [-0.4, -0.2) is 18.5 Å². The number of pyridine rings is 1. The van der Waals surface area contributed by atoms with Crippen LogP contribution in [0.25, 0.3) is 0 Å². The van der Waals surface area contributed by atoms with Crippen molar-refractivity contribution in [2.45, 2.75) is 18.2 Å². The Kier molecular flexibility index (Phi) is 4.26. The highest BCUT2D eigenvalue weighted by atomic mass is 32.2.